The Morgan fingerprint density at radius 2 is 1.41 bits per heavy atom. The first-order valence-corrected chi connectivity index (χ1v) is 24.7. The molecule has 3 aliphatic heterocycles. The van der Waals surface area contributed by atoms with E-state index in [1.807, 2.05) is 0 Å². The Hall–Kier alpha value is -4.83. The van der Waals surface area contributed by atoms with Crippen molar-refractivity contribution in [1.29, 1.82) is 0 Å². The lowest BCUT2D eigenvalue weighted by Crippen LogP contribution is -2.47. The lowest BCUT2D eigenvalue weighted by Gasteiger charge is -2.41. The van der Waals surface area contributed by atoms with Gasteiger partial charge in [-0.15, -0.1) is 11.6 Å². The summed E-state index contributed by atoms with van der Waals surface area (Å²) in [5.74, 6) is -11.4. The molecule has 358 valence electrons. The van der Waals surface area contributed by atoms with Crippen LogP contribution < -0.4 is 35.2 Å². The van der Waals surface area contributed by atoms with Gasteiger partial charge in [0.05, 0.1) is 43.0 Å². The van der Waals surface area contributed by atoms with Gasteiger partial charge < -0.3 is 34.3 Å². The normalized spacial score (nSPS) is 16.1. The third kappa shape index (κ3) is 10.6. The van der Waals surface area contributed by atoms with Crippen molar-refractivity contribution in [3.63, 3.8) is 0 Å². The zero-order valence-corrected chi connectivity index (χ0v) is 39.5. The van der Waals surface area contributed by atoms with E-state index in [0.717, 1.165) is 25.7 Å². The lowest BCUT2D eigenvalue weighted by molar-refractivity contribution is -0.255. The van der Waals surface area contributed by atoms with Gasteiger partial charge in [0.15, 0.2) is 17.2 Å². The van der Waals surface area contributed by atoms with E-state index >= 15 is 13.2 Å². The van der Waals surface area contributed by atoms with Gasteiger partial charge in [0.25, 0.3) is 26.1 Å². The third-order valence-electron chi connectivity index (χ3n) is 11.9. The summed E-state index contributed by atoms with van der Waals surface area (Å²) in [7, 11) is -6.02. The standard InChI is InChI=1S/C45H51ClF3N3O12S2/c1-44(2)21-25(23-65(56,57)58)27-17-29-33(19-31(27)51(44)5)64-34-20-32-28(26(24-66(59,60)61)22-45(3,4)52(32)6)18-30(34)35(29)36-37(43(54)55)40(48)41(49)38(39(36)47)42(53)50-12-14-63-16-15-62-13-10-8-7-9-11-46/h17-22H,7-16,23-24H2,1-6H3,(H3-,50,53,54,55,56,57,58,59,60,61). The molecule has 0 unspecified atom stereocenters. The van der Waals surface area contributed by atoms with Crippen molar-refractivity contribution in [3.8, 4) is 11.5 Å². The van der Waals surface area contributed by atoms with Crippen LogP contribution in [-0.2, 0) is 29.7 Å². The van der Waals surface area contributed by atoms with Crippen molar-refractivity contribution >= 4 is 66.1 Å². The Bertz CT molecular complexity index is 2920. The van der Waals surface area contributed by atoms with Crippen molar-refractivity contribution in [2.45, 2.75) is 64.5 Å². The predicted octanol–water partition coefficient (Wildman–Crippen LogP) is 4.07. The second kappa shape index (κ2) is 19.4. The average Bonchev–Trinajstić information content (AvgIpc) is 3.20. The number of amides is 1. The second-order valence-corrected chi connectivity index (χ2v) is 20.6. The fourth-order valence-corrected chi connectivity index (χ4v) is 9.79. The number of fused-ring (bicyclic) bond motifs is 4. The molecule has 15 nitrogen and oxygen atoms in total. The van der Waals surface area contributed by atoms with E-state index in [0.29, 0.717) is 23.5 Å². The van der Waals surface area contributed by atoms with Crippen molar-refractivity contribution in [2.24, 2.45) is 0 Å². The molecule has 3 aromatic rings. The highest BCUT2D eigenvalue weighted by Crippen LogP contribution is 2.47. The van der Waals surface area contributed by atoms with Crippen molar-refractivity contribution in [3.05, 3.63) is 97.8 Å². The first kappa shape index (κ1) is 50.6. The maximum atomic E-state index is 17.5. The molecular weight excluding hydrogens is 931 g/mol. The first-order valence-electron chi connectivity index (χ1n) is 20.9. The molecule has 3 aliphatic rings. The van der Waals surface area contributed by atoms with E-state index in [1.165, 1.54) is 24.3 Å². The molecule has 0 saturated heterocycles. The fourth-order valence-electron chi connectivity index (χ4n) is 8.34. The summed E-state index contributed by atoms with van der Waals surface area (Å²) < 4.78 is 138. The summed E-state index contributed by atoms with van der Waals surface area (Å²) in [5, 5.41) is 15.3. The number of nitrogens with zero attached hydrogens (tertiary/aromatic N) is 2. The molecule has 0 radical (unpaired) electrons. The molecule has 0 atom stereocenters. The van der Waals surface area contributed by atoms with E-state index in [2.05, 4.69) is 5.32 Å². The minimum Gasteiger partial charge on any atom is -0.545 e. The average molecular weight is 982 g/mol. The Morgan fingerprint density at radius 3 is 2.03 bits per heavy atom. The number of halogens is 4. The van der Waals surface area contributed by atoms with E-state index < -0.39 is 94.4 Å². The number of rotatable bonds is 19. The number of aromatic carboxylic acids is 1. The molecule has 0 aromatic heterocycles. The number of carbonyl (C=O) groups excluding carboxylic acids is 2. The molecule has 0 spiro atoms. The van der Waals surface area contributed by atoms with Crippen LogP contribution in [0, 0.1) is 17.5 Å². The maximum absolute atomic E-state index is 17.5. The molecule has 3 aromatic carbocycles. The molecule has 6 rings (SSSR count). The lowest BCUT2D eigenvalue weighted by atomic mass is 9.82. The van der Waals surface area contributed by atoms with Crippen LogP contribution in [0.4, 0.5) is 18.9 Å². The molecule has 3 heterocycles. The fraction of sp³-hybridized carbons (Fsp3) is 0.444. The molecule has 3 N–H and O–H groups in total. The number of likely N-dealkylation sites (N-methyl/N-ethyl adjacent to an activating group) is 2. The highest BCUT2D eigenvalue weighted by Gasteiger charge is 2.39. The van der Waals surface area contributed by atoms with Gasteiger partial charge in [-0.1, -0.05) is 18.9 Å². The number of alkyl halides is 1. The Labute approximate surface area is 385 Å². The monoisotopic (exact) mass is 981 g/mol. The number of hydrogen-bond donors (Lipinski definition) is 3. The van der Waals surface area contributed by atoms with Gasteiger partial charge in [-0.3, -0.25) is 13.9 Å². The molecule has 21 heteroatoms. The minimum absolute atomic E-state index is 0.0639. The number of carbonyl (C=O) groups is 2. The maximum Gasteiger partial charge on any atom is 0.269 e. The molecular formula is C45H51ClF3N3O12S2. The van der Waals surface area contributed by atoms with Gasteiger partial charge in [-0.25, -0.2) is 17.7 Å². The van der Waals surface area contributed by atoms with Crippen molar-refractivity contribution < 1.29 is 68.0 Å². The van der Waals surface area contributed by atoms with Crippen LogP contribution in [0.1, 0.15) is 96.3 Å². The highest BCUT2D eigenvalue weighted by atomic mass is 35.5. The Kier molecular flexibility index (Phi) is 14.9. The molecule has 66 heavy (non-hydrogen) atoms. The summed E-state index contributed by atoms with van der Waals surface area (Å²) in [4.78, 5) is 28.3. The summed E-state index contributed by atoms with van der Waals surface area (Å²) in [6, 6.07) is 5.50. The van der Waals surface area contributed by atoms with E-state index in [-0.39, 0.29) is 70.9 Å². The number of unbranched alkanes of at least 4 members (excludes halogenated alkanes) is 3. The van der Waals surface area contributed by atoms with Gasteiger partial charge in [-0.2, -0.15) is 16.8 Å². The SMILES string of the molecule is CN1c2cc3c(cc2C(CS(=O)(=O)O)=CC1(C)C)C(c1c(F)c(C(=O)NCCOCCOCCCCCCCl)c(F)c(F)c1C(=O)[O-])=c1cc2c(cc1O3)=[N+](C)C(C)(C)C=C2CS(=O)(=O)O. The van der Waals surface area contributed by atoms with Crippen LogP contribution in [0.25, 0.3) is 16.7 Å². The van der Waals surface area contributed by atoms with Crippen molar-refractivity contribution in [2.75, 3.05) is 69.4 Å². The number of anilines is 1. The second-order valence-electron chi connectivity index (χ2n) is 17.4. The van der Waals surface area contributed by atoms with Gasteiger partial charge in [0.1, 0.15) is 41.4 Å². The molecule has 0 saturated carbocycles. The van der Waals surface area contributed by atoms with Crippen LogP contribution >= 0.6 is 11.6 Å². The minimum atomic E-state index is -4.69. The molecule has 0 aliphatic carbocycles. The molecule has 1 amide bonds. The number of benzene rings is 3. The predicted molar refractivity (Wildman–Crippen MR) is 240 cm³/mol. The summed E-state index contributed by atoms with van der Waals surface area (Å²) >= 11 is 5.69. The van der Waals surface area contributed by atoms with Crippen LogP contribution in [0.15, 0.2) is 36.4 Å². The molecule has 0 fully saturated rings. The van der Waals surface area contributed by atoms with Gasteiger partial charge in [0, 0.05) is 84.7 Å². The van der Waals surface area contributed by atoms with E-state index in [4.69, 9.17) is 25.8 Å². The topological polar surface area (TPSA) is 212 Å². The van der Waals surface area contributed by atoms with Crippen LogP contribution in [0.2, 0.25) is 0 Å². The largest absolute Gasteiger partial charge is 0.545 e. The molecule has 0 bridgehead atoms. The van der Waals surface area contributed by atoms with Gasteiger partial charge in [0.2, 0.25) is 5.36 Å². The van der Waals surface area contributed by atoms with Crippen molar-refractivity contribution in [1.82, 2.24) is 9.89 Å². The van der Waals surface area contributed by atoms with Gasteiger partial charge >= 0.3 is 0 Å². The van der Waals surface area contributed by atoms with E-state index in [9.17, 15) is 40.6 Å². The summed E-state index contributed by atoms with van der Waals surface area (Å²) in [5.41, 5.74) is -5.98. The van der Waals surface area contributed by atoms with E-state index in [1.54, 1.807) is 63.4 Å². The van der Waals surface area contributed by atoms with Crippen LogP contribution in [0.3, 0.4) is 0 Å². The summed E-state index contributed by atoms with van der Waals surface area (Å²) in [6.45, 7) is 7.43. The highest BCUT2D eigenvalue weighted by molar-refractivity contribution is 7.86. The summed E-state index contributed by atoms with van der Waals surface area (Å²) in [6.07, 6.45) is 6.79. The zero-order valence-electron chi connectivity index (χ0n) is 37.1. The van der Waals surface area contributed by atoms with Gasteiger partial charge in [-0.05, 0) is 56.0 Å². The smallest absolute Gasteiger partial charge is 0.269 e. The number of carboxylic acid groups (broad SMARTS) is 1. The number of ether oxygens (including phenoxy) is 3. The number of carboxylic acids is 1. The number of hydrogen-bond acceptors (Lipinski definition) is 11. The first-order chi connectivity index (χ1) is 30.8. The third-order valence-corrected chi connectivity index (χ3v) is 13.5. The number of nitrogens with one attached hydrogen (secondary N) is 1. The zero-order chi connectivity index (χ0) is 48.7. The van der Waals surface area contributed by atoms with Crippen LogP contribution in [0.5, 0.6) is 11.5 Å². The Balaban J connectivity index is 1.56. The quantitative estimate of drug-likeness (QED) is 0.0398. The Morgan fingerprint density at radius 1 is 0.803 bits per heavy atom. The van der Waals surface area contributed by atoms with Crippen LogP contribution in [-0.4, -0.2) is 113 Å².